The second-order valence-corrected chi connectivity index (χ2v) is 4.71. The molecule has 0 saturated carbocycles. The van der Waals surface area contributed by atoms with Crippen molar-refractivity contribution in [3.05, 3.63) is 41.2 Å². The third-order valence-corrected chi connectivity index (χ3v) is 3.36. The van der Waals surface area contributed by atoms with E-state index in [-0.39, 0.29) is 5.91 Å². The highest BCUT2D eigenvalue weighted by atomic mass is 16.5. The first-order valence-corrected chi connectivity index (χ1v) is 6.81. The molecule has 3 N–H and O–H groups in total. The molecule has 0 spiro atoms. The number of hydrogen-bond acceptors (Lipinski definition) is 4. The van der Waals surface area contributed by atoms with E-state index in [2.05, 4.69) is 10.4 Å². The van der Waals surface area contributed by atoms with E-state index in [1.165, 1.54) is 0 Å². The molecule has 6 nitrogen and oxygen atoms in total. The number of hydrogen-bond donors (Lipinski definition) is 2. The second kappa shape index (κ2) is 6.30. The third kappa shape index (κ3) is 3.16. The molecule has 0 radical (unpaired) electrons. The van der Waals surface area contributed by atoms with Gasteiger partial charge in [0, 0.05) is 30.5 Å². The topological polar surface area (TPSA) is 82.2 Å². The maximum atomic E-state index is 12.4. The molecule has 0 atom stereocenters. The molecule has 1 aromatic heterocycles. The van der Waals surface area contributed by atoms with Crippen LogP contribution in [0.5, 0.6) is 5.75 Å². The number of benzene rings is 1. The molecule has 0 aliphatic rings. The van der Waals surface area contributed by atoms with Crippen LogP contribution in [0.4, 0.5) is 5.69 Å². The van der Waals surface area contributed by atoms with Gasteiger partial charge in [0.05, 0.1) is 12.8 Å². The maximum Gasteiger partial charge on any atom is 0.257 e. The zero-order valence-electron chi connectivity index (χ0n) is 12.5. The monoisotopic (exact) mass is 288 g/mol. The Bertz CT molecular complexity index is 649. The molecule has 0 aliphatic carbocycles. The summed E-state index contributed by atoms with van der Waals surface area (Å²) in [6.45, 7) is 4.70. The number of ether oxygens (including phenoxy) is 1. The molecule has 0 bridgehead atoms. The Morgan fingerprint density at radius 2 is 2.24 bits per heavy atom. The lowest BCUT2D eigenvalue weighted by Gasteiger charge is -2.12. The van der Waals surface area contributed by atoms with E-state index in [9.17, 15) is 4.79 Å². The van der Waals surface area contributed by atoms with Gasteiger partial charge in [0.15, 0.2) is 0 Å². The highest BCUT2D eigenvalue weighted by molar-refractivity contribution is 6.01. The minimum absolute atomic E-state index is 0.250. The van der Waals surface area contributed by atoms with Gasteiger partial charge < -0.3 is 15.8 Å². The summed E-state index contributed by atoms with van der Waals surface area (Å²) in [5.74, 6) is 0.248. The number of anilines is 1. The van der Waals surface area contributed by atoms with Crippen LogP contribution in [0.25, 0.3) is 0 Å². The zero-order chi connectivity index (χ0) is 15.4. The summed E-state index contributed by atoms with van der Waals surface area (Å²) in [6.07, 6.45) is 1.74. The molecule has 2 aromatic rings. The molecule has 6 heteroatoms. The summed E-state index contributed by atoms with van der Waals surface area (Å²) >= 11 is 0. The van der Waals surface area contributed by atoms with Gasteiger partial charge >= 0.3 is 0 Å². The average Bonchev–Trinajstić information content (AvgIpc) is 2.77. The van der Waals surface area contributed by atoms with Gasteiger partial charge in [0.1, 0.15) is 11.3 Å². The first-order chi connectivity index (χ1) is 10.0. The molecule has 1 heterocycles. The van der Waals surface area contributed by atoms with E-state index in [0.717, 1.165) is 11.3 Å². The number of nitrogens with zero attached hydrogens (tertiary/aromatic N) is 2. The smallest absolute Gasteiger partial charge is 0.257 e. The van der Waals surface area contributed by atoms with Crippen molar-refractivity contribution >= 4 is 11.6 Å². The molecule has 0 fully saturated rings. The molecule has 0 saturated heterocycles. The first kappa shape index (κ1) is 14.9. The number of nitrogens with one attached hydrogen (secondary N) is 1. The lowest BCUT2D eigenvalue weighted by Crippen LogP contribution is -2.24. The fourth-order valence-electron chi connectivity index (χ4n) is 2.05. The van der Waals surface area contributed by atoms with E-state index in [4.69, 9.17) is 10.5 Å². The van der Waals surface area contributed by atoms with Gasteiger partial charge in [0.25, 0.3) is 5.91 Å². The minimum Gasteiger partial charge on any atom is -0.493 e. The molecular formula is C15H20N4O2. The van der Waals surface area contributed by atoms with Crippen molar-refractivity contribution < 1.29 is 9.53 Å². The Hall–Kier alpha value is -2.50. The summed E-state index contributed by atoms with van der Waals surface area (Å²) < 4.78 is 7.23. The van der Waals surface area contributed by atoms with Crippen molar-refractivity contribution in [1.29, 1.82) is 0 Å². The van der Waals surface area contributed by atoms with Gasteiger partial charge in [-0.1, -0.05) is 6.07 Å². The standard InChI is InChI=1S/C15H20N4O2/c1-4-21-13-7-5-6-12(16)14(13)15(20)17-8-11-9-18-19(3)10(11)2/h5-7,9H,4,8,16H2,1-3H3,(H,17,20). The third-order valence-electron chi connectivity index (χ3n) is 3.36. The van der Waals surface area contributed by atoms with Crippen molar-refractivity contribution in [3.63, 3.8) is 0 Å². The van der Waals surface area contributed by atoms with Crippen LogP contribution in [0.2, 0.25) is 0 Å². The van der Waals surface area contributed by atoms with Gasteiger partial charge in [-0.3, -0.25) is 9.48 Å². The summed E-state index contributed by atoms with van der Waals surface area (Å²) in [5, 5.41) is 7.00. The highest BCUT2D eigenvalue weighted by Crippen LogP contribution is 2.24. The minimum atomic E-state index is -0.250. The van der Waals surface area contributed by atoms with E-state index < -0.39 is 0 Å². The van der Waals surface area contributed by atoms with Crippen molar-refractivity contribution in [2.75, 3.05) is 12.3 Å². The molecule has 1 amide bonds. The fraction of sp³-hybridized carbons (Fsp3) is 0.333. The Morgan fingerprint density at radius 3 is 2.86 bits per heavy atom. The van der Waals surface area contributed by atoms with Gasteiger partial charge in [-0.05, 0) is 26.0 Å². The Morgan fingerprint density at radius 1 is 1.48 bits per heavy atom. The van der Waals surface area contributed by atoms with E-state index in [1.54, 1.807) is 29.1 Å². The normalized spacial score (nSPS) is 10.4. The number of aromatic nitrogens is 2. The molecule has 112 valence electrons. The number of aryl methyl sites for hydroxylation is 1. The van der Waals surface area contributed by atoms with E-state index in [0.29, 0.717) is 30.2 Å². The molecule has 0 unspecified atom stereocenters. The fourth-order valence-corrected chi connectivity index (χ4v) is 2.05. The largest absolute Gasteiger partial charge is 0.493 e. The van der Waals surface area contributed by atoms with Crippen molar-refractivity contribution in [3.8, 4) is 5.75 Å². The number of carbonyl (C=O) groups is 1. The molecule has 2 rings (SSSR count). The number of nitrogen functional groups attached to an aromatic ring is 1. The molecule has 0 aliphatic heterocycles. The van der Waals surface area contributed by atoms with Gasteiger partial charge in [0.2, 0.25) is 0 Å². The second-order valence-electron chi connectivity index (χ2n) is 4.71. The quantitative estimate of drug-likeness (QED) is 0.819. The summed E-state index contributed by atoms with van der Waals surface area (Å²) in [7, 11) is 1.86. The van der Waals surface area contributed by atoms with Crippen LogP contribution in [0.15, 0.2) is 24.4 Å². The summed E-state index contributed by atoms with van der Waals surface area (Å²) in [4.78, 5) is 12.4. The van der Waals surface area contributed by atoms with Gasteiger partial charge in [-0.2, -0.15) is 5.10 Å². The number of amides is 1. The van der Waals surface area contributed by atoms with Crippen LogP contribution in [0.3, 0.4) is 0 Å². The Balaban J connectivity index is 2.15. The van der Waals surface area contributed by atoms with Crippen LogP contribution in [-0.4, -0.2) is 22.3 Å². The molecular weight excluding hydrogens is 268 g/mol. The lowest BCUT2D eigenvalue weighted by molar-refractivity contribution is 0.0948. The van der Waals surface area contributed by atoms with Crippen LogP contribution in [0.1, 0.15) is 28.5 Å². The SMILES string of the molecule is CCOc1cccc(N)c1C(=O)NCc1cnn(C)c1C. The summed E-state index contributed by atoms with van der Waals surface area (Å²) in [5.41, 5.74) is 8.66. The zero-order valence-corrected chi connectivity index (χ0v) is 12.5. The van der Waals surface area contributed by atoms with Gasteiger partial charge in [-0.15, -0.1) is 0 Å². The summed E-state index contributed by atoms with van der Waals surface area (Å²) in [6, 6.07) is 5.19. The number of nitrogens with two attached hydrogens (primary N) is 1. The van der Waals surface area contributed by atoms with Crippen LogP contribution >= 0.6 is 0 Å². The number of carbonyl (C=O) groups excluding carboxylic acids is 1. The lowest BCUT2D eigenvalue weighted by atomic mass is 10.1. The van der Waals surface area contributed by atoms with Crippen LogP contribution in [0, 0.1) is 6.92 Å². The van der Waals surface area contributed by atoms with Crippen molar-refractivity contribution in [1.82, 2.24) is 15.1 Å². The maximum absolute atomic E-state index is 12.4. The van der Waals surface area contributed by atoms with Crippen molar-refractivity contribution in [2.45, 2.75) is 20.4 Å². The van der Waals surface area contributed by atoms with E-state index >= 15 is 0 Å². The molecule has 21 heavy (non-hydrogen) atoms. The Labute approximate surface area is 123 Å². The predicted molar refractivity (Wildman–Crippen MR) is 81.1 cm³/mol. The Kier molecular flexibility index (Phi) is 4.47. The van der Waals surface area contributed by atoms with E-state index in [1.807, 2.05) is 20.9 Å². The van der Waals surface area contributed by atoms with Crippen LogP contribution in [-0.2, 0) is 13.6 Å². The van der Waals surface area contributed by atoms with Gasteiger partial charge in [-0.25, -0.2) is 0 Å². The first-order valence-electron chi connectivity index (χ1n) is 6.81. The molecule has 1 aromatic carbocycles. The highest BCUT2D eigenvalue weighted by Gasteiger charge is 2.16. The number of rotatable bonds is 5. The average molecular weight is 288 g/mol. The van der Waals surface area contributed by atoms with Crippen LogP contribution < -0.4 is 15.8 Å². The predicted octanol–water partition coefficient (Wildman–Crippen LogP) is 1.64. The van der Waals surface area contributed by atoms with Crippen molar-refractivity contribution in [2.24, 2.45) is 7.05 Å².